The zero-order valence-corrected chi connectivity index (χ0v) is 8.79. The van der Waals surface area contributed by atoms with E-state index in [-0.39, 0.29) is 11.6 Å². The van der Waals surface area contributed by atoms with Crippen LogP contribution in [-0.2, 0) is 11.2 Å². The van der Waals surface area contributed by atoms with Crippen LogP contribution in [0.1, 0.15) is 18.9 Å². The van der Waals surface area contributed by atoms with Crippen molar-refractivity contribution in [2.24, 2.45) is 0 Å². The Morgan fingerprint density at radius 2 is 2.33 bits per heavy atom. The molecule has 1 aliphatic heterocycles. The average molecular weight is 207 g/mol. The molecule has 0 aromatic heterocycles. The minimum Gasteiger partial charge on any atom is -0.364 e. The highest BCUT2D eigenvalue weighted by molar-refractivity contribution is 5.84. The van der Waals surface area contributed by atoms with E-state index in [0.717, 1.165) is 24.2 Å². The molecule has 80 valence electrons. The number of hydrogen-bond acceptors (Lipinski definition) is 2. The summed E-state index contributed by atoms with van der Waals surface area (Å²) in [4.78, 5) is 13.3. The number of anilines is 1. The van der Waals surface area contributed by atoms with E-state index < -0.39 is 0 Å². The molecular weight excluding hydrogens is 193 g/mol. The Kier molecular flexibility index (Phi) is 2.71. The summed E-state index contributed by atoms with van der Waals surface area (Å²) in [6.45, 7) is 3.09. The van der Waals surface area contributed by atoms with E-state index in [0.29, 0.717) is 13.0 Å². The number of halogens is 1. The quantitative estimate of drug-likeness (QED) is 0.757. The van der Waals surface area contributed by atoms with Crippen molar-refractivity contribution in [3.05, 3.63) is 29.6 Å². The van der Waals surface area contributed by atoms with Gasteiger partial charge in [0.05, 0.1) is 6.54 Å². The summed E-state index contributed by atoms with van der Waals surface area (Å²) in [6.07, 6.45) is 1.45. The number of nitrogens with zero attached hydrogens (tertiary/aromatic N) is 1. The predicted octanol–water partition coefficient (Wildman–Crippen LogP) is 2.17. The monoisotopic (exact) mass is 207 g/mol. The molecule has 3 heteroatoms. The second-order valence-electron chi connectivity index (χ2n) is 3.84. The number of fused-ring (bicyclic) bond motifs is 1. The van der Waals surface area contributed by atoms with E-state index in [1.165, 1.54) is 12.1 Å². The maximum atomic E-state index is 13.0. The first-order valence-electron chi connectivity index (χ1n) is 5.25. The van der Waals surface area contributed by atoms with Crippen LogP contribution in [0.3, 0.4) is 0 Å². The molecule has 0 amide bonds. The summed E-state index contributed by atoms with van der Waals surface area (Å²) in [6, 6.07) is 4.80. The highest BCUT2D eigenvalue weighted by Gasteiger charge is 2.20. The summed E-state index contributed by atoms with van der Waals surface area (Å²) in [5.74, 6) is -0.0308. The molecule has 0 bridgehead atoms. The van der Waals surface area contributed by atoms with Crippen LogP contribution >= 0.6 is 0 Å². The lowest BCUT2D eigenvalue weighted by Gasteiger charge is -2.17. The third-order valence-corrected chi connectivity index (χ3v) is 2.80. The van der Waals surface area contributed by atoms with Crippen molar-refractivity contribution in [3.8, 4) is 0 Å². The van der Waals surface area contributed by atoms with Gasteiger partial charge in [0.15, 0.2) is 5.78 Å². The Bertz CT molecular complexity index is 389. The van der Waals surface area contributed by atoms with Gasteiger partial charge in [-0.05, 0) is 24.1 Å². The van der Waals surface area contributed by atoms with Gasteiger partial charge in [0.2, 0.25) is 0 Å². The van der Waals surface area contributed by atoms with Gasteiger partial charge in [0, 0.05) is 18.7 Å². The molecule has 0 unspecified atom stereocenters. The Labute approximate surface area is 88.7 Å². The highest BCUT2D eigenvalue weighted by Crippen LogP contribution is 2.28. The van der Waals surface area contributed by atoms with Gasteiger partial charge >= 0.3 is 0 Å². The molecule has 0 saturated carbocycles. The second kappa shape index (κ2) is 4.01. The van der Waals surface area contributed by atoms with Crippen LogP contribution in [-0.4, -0.2) is 18.9 Å². The molecule has 0 atom stereocenters. The second-order valence-corrected chi connectivity index (χ2v) is 3.84. The average Bonchev–Trinajstić information content (AvgIpc) is 2.61. The van der Waals surface area contributed by atoms with E-state index >= 15 is 0 Å². The van der Waals surface area contributed by atoms with Crippen molar-refractivity contribution >= 4 is 11.5 Å². The van der Waals surface area contributed by atoms with E-state index in [2.05, 4.69) is 0 Å². The summed E-state index contributed by atoms with van der Waals surface area (Å²) in [7, 11) is 0. The molecule has 1 heterocycles. The zero-order valence-electron chi connectivity index (χ0n) is 8.79. The normalized spacial score (nSPS) is 14.1. The fourth-order valence-corrected chi connectivity index (χ4v) is 1.91. The Morgan fingerprint density at radius 1 is 1.53 bits per heavy atom. The maximum Gasteiger partial charge on any atom is 0.151 e. The van der Waals surface area contributed by atoms with Gasteiger partial charge in [-0.3, -0.25) is 4.79 Å². The van der Waals surface area contributed by atoms with Gasteiger partial charge in [0.25, 0.3) is 0 Å². The zero-order chi connectivity index (χ0) is 10.8. The van der Waals surface area contributed by atoms with Crippen LogP contribution in [0.15, 0.2) is 18.2 Å². The van der Waals surface area contributed by atoms with Crippen LogP contribution < -0.4 is 4.90 Å². The first-order valence-corrected chi connectivity index (χ1v) is 5.25. The molecule has 2 nitrogen and oxygen atoms in total. The molecule has 0 spiro atoms. The molecule has 0 aliphatic carbocycles. The standard InChI is InChI=1S/C12H14FNO/c1-2-11(15)8-14-6-5-9-3-4-10(13)7-12(9)14/h3-4,7H,2,5-6,8H2,1H3. The molecule has 0 saturated heterocycles. The highest BCUT2D eigenvalue weighted by atomic mass is 19.1. The van der Waals surface area contributed by atoms with E-state index in [4.69, 9.17) is 0 Å². The lowest BCUT2D eigenvalue weighted by atomic mass is 10.1. The third kappa shape index (κ3) is 2.01. The van der Waals surface area contributed by atoms with Crippen molar-refractivity contribution in [2.75, 3.05) is 18.0 Å². The molecule has 2 rings (SSSR count). The SMILES string of the molecule is CCC(=O)CN1CCc2ccc(F)cc21. The van der Waals surface area contributed by atoms with Gasteiger partial charge < -0.3 is 4.90 Å². The smallest absolute Gasteiger partial charge is 0.151 e. The first kappa shape index (κ1) is 10.1. The number of rotatable bonds is 3. The molecule has 0 N–H and O–H groups in total. The van der Waals surface area contributed by atoms with Crippen LogP contribution in [0.5, 0.6) is 0 Å². The largest absolute Gasteiger partial charge is 0.364 e. The Balaban J connectivity index is 2.20. The van der Waals surface area contributed by atoms with Crippen LogP contribution in [0, 0.1) is 5.82 Å². The Morgan fingerprint density at radius 3 is 3.07 bits per heavy atom. The lowest BCUT2D eigenvalue weighted by molar-refractivity contribution is -0.117. The number of benzene rings is 1. The van der Waals surface area contributed by atoms with Crippen LogP contribution in [0.2, 0.25) is 0 Å². The van der Waals surface area contributed by atoms with Crippen molar-refractivity contribution in [2.45, 2.75) is 19.8 Å². The number of Topliss-reactive ketones (excluding diaryl/α,β-unsaturated/α-hetero) is 1. The topological polar surface area (TPSA) is 20.3 Å². The Hall–Kier alpha value is -1.38. The molecule has 1 aromatic rings. The van der Waals surface area contributed by atoms with Crippen LogP contribution in [0.25, 0.3) is 0 Å². The minimum absolute atomic E-state index is 0.201. The minimum atomic E-state index is -0.232. The van der Waals surface area contributed by atoms with Crippen molar-refractivity contribution in [1.82, 2.24) is 0 Å². The fourth-order valence-electron chi connectivity index (χ4n) is 1.91. The summed E-state index contributed by atoms with van der Waals surface area (Å²) < 4.78 is 13.0. The molecular formula is C12H14FNO. The molecule has 15 heavy (non-hydrogen) atoms. The predicted molar refractivity (Wildman–Crippen MR) is 57.6 cm³/mol. The van der Waals surface area contributed by atoms with Crippen molar-refractivity contribution in [1.29, 1.82) is 0 Å². The van der Waals surface area contributed by atoms with Gasteiger partial charge in [0.1, 0.15) is 5.82 Å². The molecule has 1 aliphatic rings. The van der Waals surface area contributed by atoms with E-state index in [1.54, 1.807) is 6.07 Å². The van der Waals surface area contributed by atoms with Gasteiger partial charge in [-0.15, -0.1) is 0 Å². The third-order valence-electron chi connectivity index (χ3n) is 2.80. The van der Waals surface area contributed by atoms with Crippen molar-refractivity contribution < 1.29 is 9.18 Å². The number of ketones is 1. The number of carbonyl (C=O) groups is 1. The van der Waals surface area contributed by atoms with E-state index in [9.17, 15) is 9.18 Å². The summed E-state index contributed by atoms with van der Waals surface area (Å²) in [5, 5.41) is 0. The number of carbonyl (C=O) groups excluding carboxylic acids is 1. The molecule has 1 aromatic carbocycles. The van der Waals surface area contributed by atoms with Crippen molar-refractivity contribution in [3.63, 3.8) is 0 Å². The van der Waals surface area contributed by atoms with Gasteiger partial charge in [-0.2, -0.15) is 0 Å². The van der Waals surface area contributed by atoms with Crippen LogP contribution in [0.4, 0.5) is 10.1 Å². The lowest BCUT2D eigenvalue weighted by Crippen LogP contribution is -2.27. The fraction of sp³-hybridized carbons (Fsp3) is 0.417. The molecule has 0 fully saturated rings. The molecule has 0 radical (unpaired) electrons. The summed E-state index contributed by atoms with van der Waals surface area (Å²) in [5.41, 5.74) is 2.03. The van der Waals surface area contributed by atoms with E-state index in [1.807, 2.05) is 11.8 Å². The number of hydrogen-bond donors (Lipinski definition) is 0. The van der Waals surface area contributed by atoms with Gasteiger partial charge in [-0.1, -0.05) is 13.0 Å². The first-order chi connectivity index (χ1) is 7.20. The maximum absolute atomic E-state index is 13.0. The summed E-state index contributed by atoms with van der Waals surface area (Å²) >= 11 is 0. The van der Waals surface area contributed by atoms with Gasteiger partial charge in [-0.25, -0.2) is 4.39 Å².